The Morgan fingerprint density at radius 1 is 1.36 bits per heavy atom. The average molecular weight is 261 g/mol. The largest absolute Gasteiger partial charge is 0.478 e. The summed E-state index contributed by atoms with van der Waals surface area (Å²) in [6, 6.07) is 3.29. The number of rotatable bonds is 2. The molecule has 0 saturated carbocycles. The summed E-state index contributed by atoms with van der Waals surface area (Å²) in [4.78, 5) is 14.3. The highest BCUT2D eigenvalue weighted by atomic mass is 35.5. The summed E-state index contributed by atoms with van der Waals surface area (Å²) in [6.45, 7) is 1.97. The highest BCUT2D eigenvalue weighted by molar-refractivity contribution is 5.87. The van der Waals surface area contributed by atoms with Crippen molar-refractivity contribution in [1.29, 1.82) is 0 Å². The van der Waals surface area contributed by atoms with Crippen LogP contribution >= 0.6 is 37.2 Å². The summed E-state index contributed by atoms with van der Waals surface area (Å²) in [5.41, 5.74) is 1.15. The quantitative estimate of drug-likeness (QED) is 0.889. The lowest BCUT2D eigenvalue weighted by Gasteiger charge is -1.95. The Kier molecular flexibility index (Phi) is 12.4. The fourth-order valence-corrected chi connectivity index (χ4v) is 0.760. The number of carboxylic acid groups (broad SMARTS) is 1. The molecule has 0 saturated heterocycles. The fourth-order valence-electron chi connectivity index (χ4n) is 0.760. The number of carbonyl (C=O) groups is 1. The van der Waals surface area contributed by atoms with E-state index in [4.69, 9.17) is 5.11 Å². The van der Waals surface area contributed by atoms with E-state index in [1.807, 2.05) is 6.92 Å². The number of aromatic carboxylic acids is 1. The topological polar surface area (TPSA) is 50.2 Å². The van der Waals surface area contributed by atoms with E-state index in [0.717, 1.165) is 12.1 Å². The molecular formula is C8H12Cl3NO2. The zero-order chi connectivity index (χ0) is 8.27. The van der Waals surface area contributed by atoms with E-state index in [2.05, 4.69) is 4.98 Å². The third kappa shape index (κ3) is 5.27. The number of aryl methyl sites for hydroxylation is 1. The third-order valence-electron chi connectivity index (χ3n) is 1.43. The van der Waals surface area contributed by atoms with Crippen LogP contribution in [0.2, 0.25) is 0 Å². The maximum Gasteiger partial charge on any atom is 0.337 e. The molecule has 0 radical (unpaired) electrons. The van der Waals surface area contributed by atoms with E-state index in [0.29, 0.717) is 0 Å². The molecule has 1 rings (SSSR count). The van der Waals surface area contributed by atoms with Crippen molar-refractivity contribution in [3.8, 4) is 0 Å². The molecule has 0 spiro atoms. The lowest BCUT2D eigenvalue weighted by Crippen LogP contribution is -1.97. The maximum absolute atomic E-state index is 10.4. The number of halogens is 3. The standard InChI is InChI=1S/C8H9NO2.3ClH/c1-2-7-4-3-6(5-9-7)8(10)11;;;/h3-5H,2H2,1H3,(H,10,11);3*1H. The summed E-state index contributed by atoms with van der Waals surface area (Å²) in [5.74, 6) is -0.930. The molecule has 0 atom stereocenters. The van der Waals surface area contributed by atoms with Gasteiger partial charge in [0.25, 0.3) is 0 Å². The molecule has 3 nitrogen and oxygen atoms in total. The Morgan fingerprint density at radius 3 is 2.21 bits per heavy atom. The molecule has 0 unspecified atom stereocenters. The second-order valence-corrected chi connectivity index (χ2v) is 2.20. The van der Waals surface area contributed by atoms with Gasteiger partial charge in [0.1, 0.15) is 0 Å². The molecule has 6 heteroatoms. The van der Waals surface area contributed by atoms with E-state index in [1.165, 1.54) is 6.20 Å². The second-order valence-electron chi connectivity index (χ2n) is 2.20. The Bertz CT molecular complexity index is 264. The minimum absolute atomic E-state index is 0. The SMILES string of the molecule is CCc1ccc(C(=O)O)cn1.Cl.Cl.Cl. The molecule has 0 aliphatic heterocycles. The van der Waals surface area contributed by atoms with Gasteiger partial charge in [-0.25, -0.2) is 4.79 Å². The molecule has 1 heterocycles. The van der Waals surface area contributed by atoms with Crippen molar-refractivity contribution in [2.24, 2.45) is 0 Å². The first-order valence-corrected chi connectivity index (χ1v) is 3.42. The van der Waals surface area contributed by atoms with Crippen LogP contribution in [0.25, 0.3) is 0 Å². The van der Waals surface area contributed by atoms with Crippen LogP contribution < -0.4 is 0 Å². The van der Waals surface area contributed by atoms with Crippen molar-refractivity contribution in [3.05, 3.63) is 29.6 Å². The van der Waals surface area contributed by atoms with Gasteiger partial charge in [0, 0.05) is 11.9 Å². The number of aromatic nitrogens is 1. The van der Waals surface area contributed by atoms with E-state index in [1.54, 1.807) is 12.1 Å². The lowest BCUT2D eigenvalue weighted by atomic mass is 10.2. The van der Waals surface area contributed by atoms with Crippen LogP contribution in [-0.2, 0) is 6.42 Å². The fraction of sp³-hybridized carbons (Fsp3) is 0.250. The molecule has 0 bridgehead atoms. The van der Waals surface area contributed by atoms with Gasteiger partial charge in [0.05, 0.1) is 5.56 Å². The molecule has 1 N–H and O–H groups in total. The first-order valence-electron chi connectivity index (χ1n) is 3.42. The summed E-state index contributed by atoms with van der Waals surface area (Å²) < 4.78 is 0. The first kappa shape index (κ1) is 19.1. The van der Waals surface area contributed by atoms with Crippen LogP contribution in [0.15, 0.2) is 18.3 Å². The van der Waals surface area contributed by atoms with Crippen molar-refractivity contribution < 1.29 is 9.90 Å². The Morgan fingerprint density at radius 2 is 1.93 bits per heavy atom. The van der Waals surface area contributed by atoms with Crippen LogP contribution in [-0.4, -0.2) is 16.1 Å². The van der Waals surface area contributed by atoms with Crippen LogP contribution in [0.5, 0.6) is 0 Å². The number of hydrogen-bond donors (Lipinski definition) is 1. The van der Waals surface area contributed by atoms with Gasteiger partial charge in [0.2, 0.25) is 0 Å². The van der Waals surface area contributed by atoms with Crippen molar-refractivity contribution in [3.63, 3.8) is 0 Å². The zero-order valence-electron chi connectivity index (χ0n) is 7.47. The highest BCUT2D eigenvalue weighted by Gasteiger charge is 2.00. The second kappa shape index (κ2) is 9.06. The van der Waals surface area contributed by atoms with Gasteiger partial charge in [-0.15, -0.1) is 37.2 Å². The zero-order valence-corrected chi connectivity index (χ0v) is 9.92. The summed E-state index contributed by atoms with van der Waals surface area (Å²) in [7, 11) is 0. The Labute approximate surface area is 101 Å². The van der Waals surface area contributed by atoms with E-state index >= 15 is 0 Å². The van der Waals surface area contributed by atoms with Crippen molar-refractivity contribution in [2.75, 3.05) is 0 Å². The average Bonchev–Trinajstić information content (AvgIpc) is 2.05. The lowest BCUT2D eigenvalue weighted by molar-refractivity contribution is 0.0696. The molecule has 0 amide bonds. The monoisotopic (exact) mass is 259 g/mol. The summed E-state index contributed by atoms with van der Waals surface area (Å²) in [6.07, 6.45) is 2.21. The molecule has 0 aliphatic rings. The normalized spacial score (nSPS) is 7.50. The van der Waals surface area contributed by atoms with Gasteiger partial charge in [-0.05, 0) is 18.6 Å². The minimum atomic E-state index is -0.930. The van der Waals surface area contributed by atoms with Gasteiger partial charge in [0.15, 0.2) is 0 Å². The summed E-state index contributed by atoms with van der Waals surface area (Å²) >= 11 is 0. The molecule has 1 aromatic heterocycles. The van der Waals surface area contributed by atoms with Gasteiger partial charge >= 0.3 is 5.97 Å². The Balaban J connectivity index is -0.000000403. The molecule has 82 valence electrons. The van der Waals surface area contributed by atoms with Gasteiger partial charge < -0.3 is 5.11 Å². The molecule has 0 aliphatic carbocycles. The summed E-state index contributed by atoms with van der Waals surface area (Å²) in [5, 5.41) is 8.51. The molecule has 14 heavy (non-hydrogen) atoms. The predicted octanol–water partition coefficient (Wildman–Crippen LogP) is 2.61. The van der Waals surface area contributed by atoms with Crippen molar-refractivity contribution >= 4 is 43.2 Å². The van der Waals surface area contributed by atoms with Crippen LogP contribution in [0, 0.1) is 0 Å². The number of carboxylic acids is 1. The number of hydrogen-bond acceptors (Lipinski definition) is 2. The first-order chi connectivity index (χ1) is 5.24. The smallest absolute Gasteiger partial charge is 0.337 e. The molecule has 1 aromatic rings. The predicted molar refractivity (Wildman–Crippen MR) is 62.3 cm³/mol. The molecular weight excluding hydrogens is 248 g/mol. The van der Waals surface area contributed by atoms with E-state index in [9.17, 15) is 4.79 Å². The van der Waals surface area contributed by atoms with Crippen molar-refractivity contribution in [1.82, 2.24) is 4.98 Å². The maximum atomic E-state index is 10.4. The minimum Gasteiger partial charge on any atom is -0.478 e. The molecule has 0 fully saturated rings. The highest BCUT2D eigenvalue weighted by Crippen LogP contribution is 2.00. The van der Waals surface area contributed by atoms with Crippen LogP contribution in [0.1, 0.15) is 23.0 Å². The van der Waals surface area contributed by atoms with E-state index < -0.39 is 5.97 Å². The van der Waals surface area contributed by atoms with Crippen LogP contribution in [0.3, 0.4) is 0 Å². The van der Waals surface area contributed by atoms with Gasteiger partial charge in [-0.1, -0.05) is 6.92 Å². The molecule has 0 aromatic carbocycles. The van der Waals surface area contributed by atoms with E-state index in [-0.39, 0.29) is 42.8 Å². The third-order valence-corrected chi connectivity index (χ3v) is 1.43. The van der Waals surface area contributed by atoms with Crippen molar-refractivity contribution in [2.45, 2.75) is 13.3 Å². The number of pyridine rings is 1. The Hall–Kier alpha value is -0.510. The van der Waals surface area contributed by atoms with Gasteiger partial charge in [-0.3, -0.25) is 4.98 Å². The van der Waals surface area contributed by atoms with Gasteiger partial charge in [-0.2, -0.15) is 0 Å². The number of nitrogens with zero attached hydrogens (tertiary/aromatic N) is 1. The van der Waals surface area contributed by atoms with Crippen LogP contribution in [0.4, 0.5) is 0 Å².